The molecule has 0 fully saturated rings. The second-order valence-corrected chi connectivity index (χ2v) is 4.86. The first kappa shape index (κ1) is 13.3. The van der Waals surface area contributed by atoms with Crippen LogP contribution in [0.4, 0.5) is 0 Å². The van der Waals surface area contributed by atoms with E-state index in [1.807, 2.05) is 38.2 Å². The lowest BCUT2D eigenvalue weighted by Crippen LogP contribution is -2.01. The van der Waals surface area contributed by atoms with Crippen LogP contribution in [-0.2, 0) is 11.8 Å². The zero-order valence-electron chi connectivity index (χ0n) is 12.1. The molecule has 106 valence electrons. The van der Waals surface area contributed by atoms with Crippen LogP contribution in [0.15, 0.2) is 36.4 Å². The number of hydrogen-bond acceptors (Lipinski definition) is 4. The SMILES string of the molecule is COC(=O)c1ccc2c(-c3cccc(C)n3)nn(C)c2c1. The van der Waals surface area contributed by atoms with Crippen LogP contribution in [0.3, 0.4) is 0 Å². The standard InChI is InChI=1S/C16H15N3O2/c1-10-5-4-6-13(17-10)15-12-8-7-11(16(20)21-3)9-14(12)19(2)18-15/h4-9H,1-3H3. The van der Waals surface area contributed by atoms with E-state index in [0.29, 0.717) is 5.56 Å². The van der Waals surface area contributed by atoms with Crippen LogP contribution in [-0.4, -0.2) is 27.8 Å². The molecule has 0 aliphatic rings. The Morgan fingerprint density at radius 2 is 2.05 bits per heavy atom. The molecule has 0 unspecified atom stereocenters. The monoisotopic (exact) mass is 281 g/mol. The summed E-state index contributed by atoms with van der Waals surface area (Å²) in [6.07, 6.45) is 0. The molecule has 0 saturated heterocycles. The highest BCUT2D eigenvalue weighted by molar-refractivity contribution is 5.98. The van der Waals surface area contributed by atoms with Crippen molar-refractivity contribution >= 4 is 16.9 Å². The van der Waals surface area contributed by atoms with Crippen molar-refractivity contribution in [3.05, 3.63) is 47.7 Å². The average molecular weight is 281 g/mol. The number of aryl methyl sites for hydroxylation is 2. The van der Waals surface area contributed by atoms with Crippen molar-refractivity contribution in [3.8, 4) is 11.4 Å². The summed E-state index contributed by atoms with van der Waals surface area (Å²) < 4.78 is 6.50. The van der Waals surface area contributed by atoms with E-state index in [0.717, 1.165) is 28.0 Å². The molecule has 3 rings (SSSR count). The quantitative estimate of drug-likeness (QED) is 0.678. The molecule has 0 aliphatic carbocycles. The van der Waals surface area contributed by atoms with Crippen molar-refractivity contribution in [1.29, 1.82) is 0 Å². The molecular weight excluding hydrogens is 266 g/mol. The minimum absolute atomic E-state index is 0.353. The molecule has 0 spiro atoms. The fourth-order valence-corrected chi connectivity index (χ4v) is 2.37. The fourth-order valence-electron chi connectivity index (χ4n) is 2.37. The summed E-state index contributed by atoms with van der Waals surface area (Å²) >= 11 is 0. The van der Waals surface area contributed by atoms with Gasteiger partial charge in [-0.15, -0.1) is 0 Å². The van der Waals surface area contributed by atoms with Gasteiger partial charge < -0.3 is 4.74 Å². The maximum absolute atomic E-state index is 11.6. The Hall–Kier alpha value is -2.69. The van der Waals surface area contributed by atoms with Gasteiger partial charge in [0.1, 0.15) is 5.69 Å². The summed E-state index contributed by atoms with van der Waals surface area (Å²) in [6, 6.07) is 11.3. The summed E-state index contributed by atoms with van der Waals surface area (Å²) in [5.74, 6) is -0.353. The highest BCUT2D eigenvalue weighted by Gasteiger charge is 2.14. The number of rotatable bonds is 2. The van der Waals surface area contributed by atoms with Crippen LogP contribution in [0.5, 0.6) is 0 Å². The zero-order chi connectivity index (χ0) is 15.0. The second kappa shape index (κ2) is 5.01. The maximum Gasteiger partial charge on any atom is 0.337 e. The first-order valence-electron chi connectivity index (χ1n) is 6.59. The van der Waals surface area contributed by atoms with Crippen molar-refractivity contribution in [3.63, 3.8) is 0 Å². The smallest absolute Gasteiger partial charge is 0.337 e. The van der Waals surface area contributed by atoms with Crippen molar-refractivity contribution < 1.29 is 9.53 Å². The van der Waals surface area contributed by atoms with Crippen LogP contribution < -0.4 is 0 Å². The summed E-state index contributed by atoms with van der Waals surface area (Å²) in [7, 11) is 3.22. The molecule has 0 aliphatic heterocycles. The number of ether oxygens (including phenoxy) is 1. The van der Waals surface area contributed by atoms with Crippen LogP contribution in [0.1, 0.15) is 16.1 Å². The van der Waals surface area contributed by atoms with Gasteiger partial charge in [0.25, 0.3) is 0 Å². The van der Waals surface area contributed by atoms with Crippen LogP contribution in [0.2, 0.25) is 0 Å². The van der Waals surface area contributed by atoms with E-state index in [1.54, 1.807) is 16.8 Å². The number of fused-ring (bicyclic) bond motifs is 1. The summed E-state index contributed by atoms with van der Waals surface area (Å²) in [6.45, 7) is 1.95. The molecule has 2 heterocycles. The van der Waals surface area contributed by atoms with Crippen molar-refractivity contribution in [2.24, 2.45) is 7.05 Å². The Bertz CT molecular complexity index is 837. The molecule has 5 heteroatoms. The molecule has 0 amide bonds. The molecule has 0 N–H and O–H groups in total. The Kier molecular flexibility index (Phi) is 3.17. The molecule has 5 nitrogen and oxygen atoms in total. The summed E-state index contributed by atoms with van der Waals surface area (Å²) in [5, 5.41) is 5.49. The minimum Gasteiger partial charge on any atom is -0.465 e. The molecule has 21 heavy (non-hydrogen) atoms. The topological polar surface area (TPSA) is 57.0 Å². The van der Waals surface area contributed by atoms with Crippen molar-refractivity contribution in [2.45, 2.75) is 6.92 Å². The first-order chi connectivity index (χ1) is 10.1. The van der Waals surface area contributed by atoms with Gasteiger partial charge in [0, 0.05) is 18.1 Å². The predicted octanol–water partition coefficient (Wildman–Crippen LogP) is 2.73. The number of carbonyl (C=O) groups is 1. The van der Waals surface area contributed by atoms with Gasteiger partial charge in [0.05, 0.1) is 23.9 Å². The molecule has 0 radical (unpaired) electrons. The summed E-state index contributed by atoms with van der Waals surface area (Å²) in [4.78, 5) is 16.1. The first-order valence-corrected chi connectivity index (χ1v) is 6.59. The number of nitrogens with zero attached hydrogens (tertiary/aromatic N) is 3. The van der Waals surface area contributed by atoms with Gasteiger partial charge in [0.15, 0.2) is 0 Å². The van der Waals surface area contributed by atoms with Crippen LogP contribution in [0, 0.1) is 6.92 Å². The van der Waals surface area contributed by atoms with Gasteiger partial charge in [-0.3, -0.25) is 9.67 Å². The van der Waals surface area contributed by atoms with Crippen LogP contribution >= 0.6 is 0 Å². The van der Waals surface area contributed by atoms with E-state index < -0.39 is 0 Å². The Morgan fingerprint density at radius 3 is 2.76 bits per heavy atom. The third-order valence-electron chi connectivity index (χ3n) is 3.40. The third-order valence-corrected chi connectivity index (χ3v) is 3.40. The molecule has 0 bridgehead atoms. The predicted molar refractivity (Wildman–Crippen MR) is 80.0 cm³/mol. The Labute approximate surface area is 122 Å². The fraction of sp³-hybridized carbons (Fsp3) is 0.188. The normalized spacial score (nSPS) is 10.8. The lowest BCUT2D eigenvalue weighted by Gasteiger charge is -2.01. The van der Waals surface area contributed by atoms with Crippen molar-refractivity contribution in [1.82, 2.24) is 14.8 Å². The lowest BCUT2D eigenvalue weighted by atomic mass is 10.1. The van der Waals surface area contributed by atoms with Gasteiger partial charge in [-0.1, -0.05) is 6.07 Å². The molecule has 3 aromatic rings. The van der Waals surface area contributed by atoms with E-state index in [2.05, 4.69) is 10.1 Å². The van der Waals surface area contributed by atoms with Gasteiger partial charge in [-0.05, 0) is 37.3 Å². The lowest BCUT2D eigenvalue weighted by molar-refractivity contribution is 0.0601. The average Bonchev–Trinajstić information content (AvgIpc) is 2.83. The molecular formula is C16H15N3O2. The van der Waals surface area contributed by atoms with E-state index in [1.165, 1.54) is 7.11 Å². The van der Waals surface area contributed by atoms with Gasteiger partial charge >= 0.3 is 5.97 Å². The number of benzene rings is 1. The Morgan fingerprint density at radius 1 is 1.24 bits per heavy atom. The summed E-state index contributed by atoms with van der Waals surface area (Å²) in [5.41, 5.74) is 3.96. The molecule has 1 aromatic carbocycles. The number of carbonyl (C=O) groups excluding carboxylic acids is 1. The molecule has 2 aromatic heterocycles. The number of methoxy groups -OCH3 is 1. The Balaban J connectivity index is 2.20. The van der Waals surface area contributed by atoms with E-state index in [9.17, 15) is 4.79 Å². The second-order valence-electron chi connectivity index (χ2n) is 4.86. The molecule has 0 saturated carbocycles. The number of esters is 1. The van der Waals surface area contributed by atoms with Gasteiger partial charge in [-0.25, -0.2) is 4.79 Å². The highest BCUT2D eigenvalue weighted by atomic mass is 16.5. The number of pyridine rings is 1. The van der Waals surface area contributed by atoms with Gasteiger partial charge in [-0.2, -0.15) is 5.10 Å². The molecule has 0 atom stereocenters. The van der Waals surface area contributed by atoms with E-state index in [4.69, 9.17) is 4.74 Å². The highest BCUT2D eigenvalue weighted by Crippen LogP contribution is 2.27. The number of hydrogen-bond donors (Lipinski definition) is 0. The van der Waals surface area contributed by atoms with E-state index >= 15 is 0 Å². The van der Waals surface area contributed by atoms with Gasteiger partial charge in [0.2, 0.25) is 0 Å². The maximum atomic E-state index is 11.6. The van der Waals surface area contributed by atoms with Crippen molar-refractivity contribution in [2.75, 3.05) is 7.11 Å². The largest absolute Gasteiger partial charge is 0.465 e. The minimum atomic E-state index is -0.353. The third kappa shape index (κ3) is 2.27. The van der Waals surface area contributed by atoms with E-state index in [-0.39, 0.29) is 5.97 Å². The number of aromatic nitrogens is 3. The zero-order valence-corrected chi connectivity index (χ0v) is 12.1. The van der Waals surface area contributed by atoms with Crippen LogP contribution in [0.25, 0.3) is 22.3 Å².